The van der Waals surface area contributed by atoms with Gasteiger partial charge in [-0.15, -0.1) is 0 Å². The molecule has 1 heterocycles. The van der Waals surface area contributed by atoms with E-state index in [1.54, 1.807) is 30.0 Å². The number of nitrogens with one attached hydrogen (secondary N) is 1. The van der Waals surface area contributed by atoms with Crippen molar-refractivity contribution in [3.8, 4) is 0 Å². The van der Waals surface area contributed by atoms with Gasteiger partial charge in [0.1, 0.15) is 0 Å². The maximum atomic E-state index is 12.5. The molecule has 1 aromatic carbocycles. The molecule has 130 valence electrons. The summed E-state index contributed by atoms with van der Waals surface area (Å²) in [5.41, 5.74) is 7.20. The molecule has 0 bridgehead atoms. The highest BCUT2D eigenvalue weighted by Gasteiger charge is 2.27. The minimum Gasteiger partial charge on any atom is -0.376 e. The fourth-order valence-electron chi connectivity index (χ4n) is 3.04. The quantitative estimate of drug-likeness (QED) is 0.869. The molecule has 1 saturated carbocycles. The van der Waals surface area contributed by atoms with Gasteiger partial charge in [0.2, 0.25) is 5.91 Å². The van der Waals surface area contributed by atoms with Gasteiger partial charge < -0.3 is 20.7 Å². The first-order valence-electron chi connectivity index (χ1n) is 8.61. The number of rotatable bonds is 5. The lowest BCUT2D eigenvalue weighted by Crippen LogP contribution is -2.45. The molecule has 3 rings (SSSR count). The van der Waals surface area contributed by atoms with E-state index in [1.165, 1.54) is 12.8 Å². The zero-order valence-corrected chi connectivity index (χ0v) is 14.1. The Morgan fingerprint density at radius 1 is 1.33 bits per heavy atom. The molecule has 24 heavy (non-hydrogen) atoms. The van der Waals surface area contributed by atoms with Crippen LogP contribution in [0.5, 0.6) is 0 Å². The molecule has 6 nitrogen and oxygen atoms in total. The molecule has 2 fully saturated rings. The molecule has 0 unspecified atom stereocenters. The Balaban J connectivity index is 1.55. The molecule has 3 amide bonds. The minimum absolute atomic E-state index is 0.124. The first-order valence-corrected chi connectivity index (χ1v) is 8.61. The molecule has 1 aliphatic heterocycles. The molecule has 3 N–H and O–H groups in total. The fourth-order valence-corrected chi connectivity index (χ4v) is 3.04. The van der Waals surface area contributed by atoms with Crippen LogP contribution in [0, 0.1) is 12.8 Å². The van der Waals surface area contributed by atoms with Gasteiger partial charge in [0, 0.05) is 30.9 Å². The number of hydrogen-bond acceptors (Lipinski definition) is 3. The lowest BCUT2D eigenvalue weighted by atomic mass is 10.1. The summed E-state index contributed by atoms with van der Waals surface area (Å²) >= 11 is 0. The van der Waals surface area contributed by atoms with Crippen LogP contribution in [0.2, 0.25) is 0 Å². The van der Waals surface area contributed by atoms with Gasteiger partial charge in [0.05, 0.1) is 6.10 Å². The predicted octanol–water partition coefficient (Wildman–Crippen LogP) is 2.52. The highest BCUT2D eigenvalue weighted by Crippen LogP contribution is 2.30. The van der Waals surface area contributed by atoms with Gasteiger partial charge in [-0.3, -0.25) is 4.79 Å². The molecular weight excluding hydrogens is 306 g/mol. The number of urea groups is 1. The van der Waals surface area contributed by atoms with E-state index in [0.717, 1.165) is 37.5 Å². The summed E-state index contributed by atoms with van der Waals surface area (Å²) in [6.45, 7) is 4.01. The van der Waals surface area contributed by atoms with E-state index < -0.39 is 5.91 Å². The Morgan fingerprint density at radius 3 is 2.79 bits per heavy atom. The number of carbonyl (C=O) groups excluding carboxylic acids is 2. The molecule has 1 aliphatic carbocycles. The van der Waals surface area contributed by atoms with Gasteiger partial charge in [-0.05, 0) is 62.3 Å². The SMILES string of the molecule is Cc1cc(NC(=O)N2CCC[C@H](OCC3CC3)C2)ccc1C(N)=O. The van der Waals surface area contributed by atoms with E-state index in [1.807, 2.05) is 0 Å². The fraction of sp³-hybridized carbons (Fsp3) is 0.556. The summed E-state index contributed by atoms with van der Waals surface area (Å²) < 4.78 is 5.93. The molecule has 1 saturated heterocycles. The number of anilines is 1. The lowest BCUT2D eigenvalue weighted by molar-refractivity contribution is 0.00597. The molecule has 0 spiro atoms. The number of nitrogens with two attached hydrogens (primary N) is 1. The van der Waals surface area contributed by atoms with E-state index in [0.29, 0.717) is 17.8 Å². The van der Waals surface area contributed by atoms with E-state index >= 15 is 0 Å². The Labute approximate surface area is 142 Å². The van der Waals surface area contributed by atoms with Gasteiger partial charge in [-0.1, -0.05) is 0 Å². The standard InChI is InChI=1S/C18H25N3O3/c1-12-9-14(6-7-16(12)17(19)22)20-18(23)21-8-2-3-15(10-21)24-11-13-4-5-13/h6-7,9,13,15H,2-5,8,10-11H2,1H3,(H2,19,22)(H,20,23)/t15-/m0/s1. The predicted molar refractivity (Wildman–Crippen MR) is 92.0 cm³/mol. The zero-order valence-electron chi connectivity index (χ0n) is 14.1. The summed E-state index contributed by atoms with van der Waals surface area (Å²) in [4.78, 5) is 25.5. The van der Waals surface area contributed by atoms with Gasteiger partial charge >= 0.3 is 6.03 Å². The van der Waals surface area contributed by atoms with Crippen LogP contribution in [-0.2, 0) is 4.74 Å². The average molecular weight is 331 g/mol. The third kappa shape index (κ3) is 4.26. The number of nitrogens with zero attached hydrogens (tertiary/aromatic N) is 1. The van der Waals surface area contributed by atoms with Crippen LogP contribution in [0.3, 0.4) is 0 Å². The number of amides is 3. The maximum absolute atomic E-state index is 12.5. The molecule has 0 radical (unpaired) electrons. The second-order valence-corrected chi connectivity index (χ2v) is 6.81. The normalized spacial score (nSPS) is 20.7. The van der Waals surface area contributed by atoms with Crippen molar-refractivity contribution in [1.82, 2.24) is 4.90 Å². The van der Waals surface area contributed by atoms with Crippen LogP contribution >= 0.6 is 0 Å². The minimum atomic E-state index is -0.461. The van der Waals surface area contributed by atoms with Crippen molar-refractivity contribution in [3.05, 3.63) is 29.3 Å². The largest absolute Gasteiger partial charge is 0.376 e. The Morgan fingerprint density at radius 2 is 2.12 bits per heavy atom. The second-order valence-electron chi connectivity index (χ2n) is 6.81. The smallest absolute Gasteiger partial charge is 0.321 e. The van der Waals surface area contributed by atoms with Crippen molar-refractivity contribution >= 4 is 17.6 Å². The van der Waals surface area contributed by atoms with Crippen LogP contribution in [0.25, 0.3) is 0 Å². The van der Waals surface area contributed by atoms with Crippen LogP contribution in [0.4, 0.5) is 10.5 Å². The van der Waals surface area contributed by atoms with E-state index in [9.17, 15) is 9.59 Å². The van der Waals surface area contributed by atoms with E-state index in [2.05, 4.69) is 5.32 Å². The average Bonchev–Trinajstić information content (AvgIpc) is 3.37. The van der Waals surface area contributed by atoms with Crippen molar-refractivity contribution in [2.75, 3.05) is 25.0 Å². The van der Waals surface area contributed by atoms with Gasteiger partial charge in [-0.25, -0.2) is 4.79 Å². The summed E-state index contributed by atoms with van der Waals surface area (Å²) in [6.07, 6.45) is 4.67. The third-order valence-electron chi connectivity index (χ3n) is 4.67. The topological polar surface area (TPSA) is 84.7 Å². The summed E-state index contributed by atoms with van der Waals surface area (Å²) in [5.74, 6) is 0.276. The number of hydrogen-bond donors (Lipinski definition) is 2. The van der Waals surface area contributed by atoms with Crippen LogP contribution in [0.1, 0.15) is 41.6 Å². The van der Waals surface area contributed by atoms with E-state index in [4.69, 9.17) is 10.5 Å². The van der Waals surface area contributed by atoms with Gasteiger partial charge in [0.15, 0.2) is 0 Å². The molecule has 1 aromatic rings. The maximum Gasteiger partial charge on any atom is 0.321 e. The first kappa shape index (κ1) is 16.8. The second kappa shape index (κ2) is 7.21. The van der Waals surface area contributed by atoms with Crippen molar-refractivity contribution < 1.29 is 14.3 Å². The molecule has 2 aliphatic rings. The Kier molecular flexibility index (Phi) is 5.04. The van der Waals surface area contributed by atoms with Crippen molar-refractivity contribution in [3.63, 3.8) is 0 Å². The summed E-state index contributed by atoms with van der Waals surface area (Å²) in [6, 6.07) is 4.99. The van der Waals surface area contributed by atoms with Crippen molar-refractivity contribution in [2.24, 2.45) is 11.7 Å². The molecule has 6 heteroatoms. The van der Waals surface area contributed by atoms with Crippen LogP contribution in [0.15, 0.2) is 18.2 Å². The van der Waals surface area contributed by atoms with Gasteiger partial charge in [0.25, 0.3) is 0 Å². The van der Waals surface area contributed by atoms with Crippen molar-refractivity contribution in [2.45, 2.75) is 38.7 Å². The number of aryl methyl sites for hydroxylation is 1. The highest BCUT2D eigenvalue weighted by atomic mass is 16.5. The molecule has 0 aromatic heterocycles. The van der Waals surface area contributed by atoms with Gasteiger partial charge in [-0.2, -0.15) is 0 Å². The molecule has 1 atom stereocenters. The number of piperidine rings is 1. The number of benzene rings is 1. The number of likely N-dealkylation sites (tertiary alicyclic amines) is 1. The zero-order chi connectivity index (χ0) is 17.1. The number of ether oxygens (including phenoxy) is 1. The Bertz CT molecular complexity index is 628. The Hall–Kier alpha value is -2.08. The molecular formula is C18H25N3O3. The monoisotopic (exact) mass is 331 g/mol. The summed E-state index contributed by atoms with van der Waals surface area (Å²) in [7, 11) is 0. The van der Waals surface area contributed by atoms with E-state index in [-0.39, 0.29) is 12.1 Å². The lowest BCUT2D eigenvalue weighted by Gasteiger charge is -2.32. The van der Waals surface area contributed by atoms with Crippen molar-refractivity contribution in [1.29, 1.82) is 0 Å². The highest BCUT2D eigenvalue weighted by molar-refractivity contribution is 5.96. The number of carbonyl (C=O) groups is 2. The first-order chi connectivity index (χ1) is 11.5. The third-order valence-corrected chi connectivity index (χ3v) is 4.67. The summed E-state index contributed by atoms with van der Waals surface area (Å²) in [5, 5.41) is 2.90. The van der Waals surface area contributed by atoms with Crippen LogP contribution < -0.4 is 11.1 Å². The van der Waals surface area contributed by atoms with Crippen LogP contribution in [-0.4, -0.2) is 42.6 Å². The number of primary amides is 1.